The van der Waals surface area contributed by atoms with Crippen LogP contribution in [-0.4, -0.2) is 11.7 Å². The molecule has 0 amide bonds. The molecule has 0 bridgehead atoms. The Morgan fingerprint density at radius 2 is 1.89 bits per heavy atom. The van der Waals surface area contributed by atoms with Gasteiger partial charge in [0.25, 0.3) is 0 Å². The maximum absolute atomic E-state index is 9.96. The first kappa shape index (κ1) is 12.7. The lowest BCUT2D eigenvalue weighted by Crippen LogP contribution is -2.35. The molecular weight excluding hydrogens is 236 g/mol. The highest BCUT2D eigenvalue weighted by atomic mass is 16.5. The van der Waals surface area contributed by atoms with Gasteiger partial charge in [-0.25, -0.2) is 0 Å². The average molecular weight is 258 g/mol. The van der Waals surface area contributed by atoms with Gasteiger partial charge in [0.15, 0.2) is 0 Å². The maximum Gasteiger partial charge on any atom is 0.101 e. The number of hydrogen-bond donors (Lipinski definition) is 1. The van der Waals surface area contributed by atoms with Gasteiger partial charge in [-0.1, -0.05) is 56.0 Å². The van der Waals surface area contributed by atoms with Gasteiger partial charge in [-0.2, -0.15) is 0 Å². The van der Waals surface area contributed by atoms with Crippen LogP contribution in [-0.2, 0) is 10.3 Å². The fraction of sp³-hybridized carbons (Fsp3) is 0.529. The fourth-order valence-corrected chi connectivity index (χ4v) is 3.57. The second kappa shape index (κ2) is 5.38. The highest BCUT2D eigenvalue weighted by molar-refractivity contribution is 5.26. The van der Waals surface area contributed by atoms with Crippen LogP contribution in [0.1, 0.15) is 44.1 Å². The van der Waals surface area contributed by atoms with E-state index >= 15 is 0 Å². The molecule has 2 nitrogen and oxygen atoms in total. The lowest BCUT2D eigenvalue weighted by Gasteiger charge is -2.38. The number of aliphatic hydroxyl groups excluding tert-OH is 1. The molecular formula is C17H22O2. The third kappa shape index (κ3) is 2.69. The lowest BCUT2D eigenvalue weighted by atomic mass is 9.80. The summed E-state index contributed by atoms with van der Waals surface area (Å²) in [5.74, 6) is 1.22. The zero-order valence-electron chi connectivity index (χ0n) is 11.3. The minimum Gasteiger partial charge on any atom is -0.512 e. The van der Waals surface area contributed by atoms with Crippen molar-refractivity contribution in [2.45, 2.75) is 44.1 Å². The number of aliphatic hydroxyl groups is 1. The summed E-state index contributed by atoms with van der Waals surface area (Å²) in [6, 6.07) is 10.4. The van der Waals surface area contributed by atoms with Crippen LogP contribution in [0, 0.1) is 5.92 Å². The summed E-state index contributed by atoms with van der Waals surface area (Å²) in [6.07, 6.45) is 8.75. The zero-order chi connectivity index (χ0) is 13.1. The average Bonchev–Trinajstić information content (AvgIpc) is 2.92. The Hall–Kier alpha value is -1.28. The normalized spacial score (nSPS) is 28.3. The second-order valence-corrected chi connectivity index (χ2v) is 5.90. The largest absolute Gasteiger partial charge is 0.512 e. The van der Waals surface area contributed by atoms with E-state index in [4.69, 9.17) is 4.74 Å². The van der Waals surface area contributed by atoms with Crippen LogP contribution < -0.4 is 0 Å². The lowest BCUT2D eigenvalue weighted by molar-refractivity contribution is -0.0705. The van der Waals surface area contributed by atoms with Crippen molar-refractivity contribution < 1.29 is 9.84 Å². The first-order chi connectivity index (χ1) is 9.28. The molecule has 1 heterocycles. The van der Waals surface area contributed by atoms with Crippen molar-refractivity contribution in [3.8, 4) is 0 Å². The van der Waals surface area contributed by atoms with E-state index in [0.29, 0.717) is 18.8 Å². The molecule has 1 atom stereocenters. The molecule has 2 aliphatic rings. The Morgan fingerprint density at radius 1 is 1.16 bits per heavy atom. The van der Waals surface area contributed by atoms with Gasteiger partial charge in [-0.15, -0.1) is 0 Å². The monoisotopic (exact) mass is 258 g/mol. The van der Waals surface area contributed by atoms with Crippen LogP contribution in [0.2, 0.25) is 0 Å². The number of benzene rings is 1. The van der Waals surface area contributed by atoms with Crippen molar-refractivity contribution in [3.63, 3.8) is 0 Å². The minimum atomic E-state index is -0.310. The molecule has 1 unspecified atom stereocenters. The number of hydrogen-bond acceptors (Lipinski definition) is 2. The van der Waals surface area contributed by atoms with Crippen molar-refractivity contribution >= 4 is 0 Å². The Morgan fingerprint density at radius 3 is 2.58 bits per heavy atom. The Balaban J connectivity index is 1.88. The van der Waals surface area contributed by atoms with Crippen LogP contribution in [0.5, 0.6) is 0 Å². The predicted octanol–water partition coefficient (Wildman–Crippen LogP) is 4.32. The molecule has 0 spiro atoms. The quantitative estimate of drug-likeness (QED) is 0.874. The first-order valence-electron chi connectivity index (χ1n) is 7.36. The van der Waals surface area contributed by atoms with Crippen LogP contribution in [0.15, 0.2) is 42.2 Å². The molecule has 1 N–H and O–H groups in total. The van der Waals surface area contributed by atoms with E-state index < -0.39 is 0 Å². The van der Waals surface area contributed by atoms with Gasteiger partial charge in [-0.05, 0) is 24.0 Å². The standard InChI is InChI=1S/C17H22O2/c18-16-10-11-19-17(13-16,12-14-6-4-5-7-14)15-8-2-1-3-9-15/h1-3,8-10,14,18H,4-7,11-13H2. The molecule has 0 radical (unpaired) electrons. The summed E-state index contributed by atoms with van der Waals surface area (Å²) < 4.78 is 6.15. The number of rotatable bonds is 3. The van der Waals surface area contributed by atoms with E-state index in [1.165, 1.54) is 31.2 Å². The molecule has 0 aromatic heterocycles. The second-order valence-electron chi connectivity index (χ2n) is 5.90. The van der Waals surface area contributed by atoms with Crippen molar-refractivity contribution in [2.75, 3.05) is 6.61 Å². The Bertz CT molecular complexity index is 446. The first-order valence-corrected chi connectivity index (χ1v) is 7.36. The Labute approximate surface area is 115 Å². The third-order valence-electron chi connectivity index (χ3n) is 4.54. The van der Waals surface area contributed by atoms with Crippen molar-refractivity contribution in [1.29, 1.82) is 0 Å². The van der Waals surface area contributed by atoms with E-state index in [9.17, 15) is 5.11 Å². The van der Waals surface area contributed by atoms with Crippen LogP contribution in [0.3, 0.4) is 0 Å². The maximum atomic E-state index is 9.96. The molecule has 3 rings (SSSR count). The molecule has 19 heavy (non-hydrogen) atoms. The molecule has 1 aromatic rings. The summed E-state index contributed by atoms with van der Waals surface area (Å²) in [5, 5.41) is 9.96. The van der Waals surface area contributed by atoms with Gasteiger partial charge in [0.05, 0.1) is 12.4 Å². The van der Waals surface area contributed by atoms with Crippen LogP contribution in [0.25, 0.3) is 0 Å². The number of ether oxygens (including phenoxy) is 1. The van der Waals surface area contributed by atoms with Crippen molar-refractivity contribution in [1.82, 2.24) is 0 Å². The summed E-state index contributed by atoms with van der Waals surface area (Å²) in [6.45, 7) is 0.521. The highest BCUT2D eigenvalue weighted by Gasteiger charge is 2.39. The van der Waals surface area contributed by atoms with Gasteiger partial charge in [-0.3, -0.25) is 0 Å². The topological polar surface area (TPSA) is 29.5 Å². The molecule has 0 saturated heterocycles. The van der Waals surface area contributed by atoms with Gasteiger partial charge in [0.2, 0.25) is 0 Å². The van der Waals surface area contributed by atoms with Gasteiger partial charge in [0.1, 0.15) is 5.60 Å². The van der Waals surface area contributed by atoms with Gasteiger partial charge >= 0.3 is 0 Å². The van der Waals surface area contributed by atoms with E-state index in [1.807, 2.05) is 6.07 Å². The van der Waals surface area contributed by atoms with E-state index in [2.05, 4.69) is 24.3 Å². The SMILES string of the molecule is OC1=CCOC(CC2CCCC2)(c2ccccc2)C1. The zero-order valence-corrected chi connectivity index (χ0v) is 11.3. The van der Waals surface area contributed by atoms with Crippen LogP contribution >= 0.6 is 0 Å². The third-order valence-corrected chi connectivity index (χ3v) is 4.54. The summed E-state index contributed by atoms with van der Waals surface area (Å²) in [4.78, 5) is 0. The molecule has 1 aromatic carbocycles. The van der Waals surface area contributed by atoms with E-state index in [-0.39, 0.29) is 5.60 Å². The molecule has 2 heteroatoms. The minimum absolute atomic E-state index is 0.310. The molecule has 1 saturated carbocycles. The van der Waals surface area contributed by atoms with Gasteiger partial charge < -0.3 is 9.84 Å². The summed E-state index contributed by atoms with van der Waals surface area (Å²) >= 11 is 0. The van der Waals surface area contributed by atoms with E-state index in [1.54, 1.807) is 6.08 Å². The molecule has 1 aliphatic heterocycles. The highest BCUT2D eigenvalue weighted by Crippen LogP contribution is 2.43. The summed E-state index contributed by atoms with van der Waals surface area (Å²) in [7, 11) is 0. The van der Waals surface area contributed by atoms with Crippen LogP contribution in [0.4, 0.5) is 0 Å². The predicted molar refractivity (Wildman–Crippen MR) is 76.0 cm³/mol. The fourth-order valence-electron chi connectivity index (χ4n) is 3.57. The summed E-state index contributed by atoms with van der Waals surface area (Å²) in [5.41, 5.74) is 0.899. The van der Waals surface area contributed by atoms with Gasteiger partial charge in [0, 0.05) is 6.42 Å². The van der Waals surface area contributed by atoms with Crippen molar-refractivity contribution in [2.24, 2.45) is 5.92 Å². The van der Waals surface area contributed by atoms with Crippen molar-refractivity contribution in [3.05, 3.63) is 47.7 Å². The molecule has 102 valence electrons. The smallest absolute Gasteiger partial charge is 0.101 e. The molecule has 1 aliphatic carbocycles. The Kier molecular flexibility index (Phi) is 3.61. The van der Waals surface area contributed by atoms with E-state index in [0.717, 1.165) is 12.3 Å². The molecule has 1 fully saturated rings.